The molecule has 1 amide bonds. The van der Waals surface area contributed by atoms with Gasteiger partial charge in [0, 0.05) is 11.9 Å². The van der Waals surface area contributed by atoms with Crippen LogP contribution in [0, 0.1) is 0 Å². The lowest BCUT2D eigenvalue weighted by molar-refractivity contribution is -0.137. The first-order valence-electron chi connectivity index (χ1n) is 9.63. The Kier molecular flexibility index (Phi) is 5.72. The minimum absolute atomic E-state index is 0.264. The molecule has 162 valence electrons. The van der Waals surface area contributed by atoms with E-state index in [1.165, 1.54) is 18.5 Å². The summed E-state index contributed by atoms with van der Waals surface area (Å²) in [5, 5.41) is 3.54. The molecular weight excluding hydrogens is 431 g/mol. The lowest BCUT2D eigenvalue weighted by Gasteiger charge is -2.35. The second kappa shape index (κ2) is 8.32. The third-order valence-electron chi connectivity index (χ3n) is 5.33. The van der Waals surface area contributed by atoms with Crippen LogP contribution in [0.2, 0.25) is 5.02 Å². The zero-order chi connectivity index (χ0) is 22.2. The molecule has 1 aromatic heterocycles. The van der Waals surface area contributed by atoms with Crippen LogP contribution in [0.25, 0.3) is 10.9 Å². The van der Waals surface area contributed by atoms with Crippen molar-refractivity contribution in [1.82, 2.24) is 14.9 Å². The maximum Gasteiger partial charge on any atom is 0.417 e. The van der Waals surface area contributed by atoms with E-state index in [4.69, 9.17) is 17.3 Å². The van der Waals surface area contributed by atoms with E-state index in [9.17, 15) is 18.0 Å². The number of hydrogen-bond acceptors (Lipinski definition) is 5. The van der Waals surface area contributed by atoms with Gasteiger partial charge in [-0.3, -0.25) is 4.79 Å². The Bertz CT molecular complexity index is 1130. The highest BCUT2D eigenvalue weighted by Crippen LogP contribution is 2.37. The van der Waals surface area contributed by atoms with E-state index in [-0.39, 0.29) is 16.6 Å². The Balaban J connectivity index is 1.72. The van der Waals surface area contributed by atoms with Gasteiger partial charge >= 0.3 is 6.18 Å². The molecule has 1 aliphatic heterocycles. The van der Waals surface area contributed by atoms with Crippen LogP contribution in [-0.2, 0) is 6.18 Å². The summed E-state index contributed by atoms with van der Waals surface area (Å²) >= 11 is 5.96. The van der Waals surface area contributed by atoms with Crippen LogP contribution in [0.3, 0.4) is 0 Å². The van der Waals surface area contributed by atoms with E-state index >= 15 is 0 Å². The summed E-state index contributed by atoms with van der Waals surface area (Å²) in [4.78, 5) is 22.4. The van der Waals surface area contributed by atoms with Crippen molar-refractivity contribution in [1.29, 1.82) is 0 Å². The number of primary amides is 1. The molecule has 10 heteroatoms. The first kappa shape index (κ1) is 21.3. The Hall–Kier alpha value is -2.91. The number of nitrogens with one attached hydrogen (secondary N) is 1. The first-order chi connectivity index (χ1) is 14.7. The van der Waals surface area contributed by atoms with Crippen molar-refractivity contribution in [2.75, 3.05) is 25.0 Å². The molecule has 0 bridgehead atoms. The third kappa shape index (κ3) is 4.42. The van der Waals surface area contributed by atoms with Gasteiger partial charge in [0.15, 0.2) is 0 Å². The van der Waals surface area contributed by atoms with Gasteiger partial charge in [-0.2, -0.15) is 13.2 Å². The van der Waals surface area contributed by atoms with Gasteiger partial charge in [0.1, 0.15) is 12.1 Å². The number of halogens is 4. The Morgan fingerprint density at radius 1 is 1.23 bits per heavy atom. The summed E-state index contributed by atoms with van der Waals surface area (Å²) in [6, 6.07) is 8.38. The number of fused-ring (bicyclic) bond motifs is 1. The number of nitrogens with zero attached hydrogens (tertiary/aromatic N) is 3. The van der Waals surface area contributed by atoms with E-state index in [2.05, 4.69) is 20.2 Å². The minimum Gasteiger partial charge on any atom is -0.366 e. The lowest BCUT2D eigenvalue weighted by Crippen LogP contribution is -2.41. The number of hydrogen-bond donors (Lipinski definition) is 2. The molecule has 1 fully saturated rings. The fraction of sp³-hybridized carbons (Fsp3) is 0.286. The number of likely N-dealkylation sites (tertiary alicyclic amines) is 1. The van der Waals surface area contributed by atoms with Crippen molar-refractivity contribution in [3.05, 3.63) is 64.4 Å². The van der Waals surface area contributed by atoms with E-state index < -0.39 is 17.6 Å². The number of benzene rings is 2. The number of amides is 1. The zero-order valence-electron chi connectivity index (χ0n) is 16.3. The molecule has 0 radical (unpaired) electrons. The fourth-order valence-corrected chi connectivity index (χ4v) is 3.90. The van der Waals surface area contributed by atoms with Gasteiger partial charge in [0.25, 0.3) is 5.91 Å². The van der Waals surface area contributed by atoms with Gasteiger partial charge in [-0.05, 0) is 49.3 Å². The molecule has 1 aliphatic rings. The number of para-hydroxylation sites is 1. The molecule has 0 aliphatic carbocycles. The molecule has 1 atom stereocenters. The van der Waals surface area contributed by atoms with Crippen LogP contribution in [0.4, 0.5) is 19.0 Å². The van der Waals surface area contributed by atoms with Gasteiger partial charge in [-0.15, -0.1) is 0 Å². The highest BCUT2D eigenvalue weighted by molar-refractivity contribution is 6.31. The van der Waals surface area contributed by atoms with E-state index in [0.29, 0.717) is 28.8 Å². The van der Waals surface area contributed by atoms with Crippen LogP contribution in [0.15, 0.2) is 42.7 Å². The van der Waals surface area contributed by atoms with Crippen molar-refractivity contribution in [3.63, 3.8) is 0 Å². The zero-order valence-corrected chi connectivity index (χ0v) is 17.0. The van der Waals surface area contributed by atoms with Gasteiger partial charge in [0.05, 0.1) is 27.7 Å². The Labute approximate surface area is 181 Å². The molecule has 0 saturated carbocycles. The summed E-state index contributed by atoms with van der Waals surface area (Å²) in [7, 11) is 0. The molecule has 0 spiro atoms. The molecule has 1 saturated heterocycles. The standard InChI is InChI=1S/C21H19ClF3N5O/c22-16-9-12(5-6-15(16)21(23,24)25)17(10-30-7-2-8-30)29-20-14-4-1-3-13(19(26)31)18(14)27-11-28-20/h1,3-6,9,11,17H,2,7-8,10H2,(H2,26,31)(H,27,28,29). The average molecular weight is 450 g/mol. The molecule has 3 N–H and O–H groups in total. The van der Waals surface area contributed by atoms with E-state index in [0.717, 1.165) is 25.6 Å². The van der Waals surface area contributed by atoms with Crippen LogP contribution in [-0.4, -0.2) is 40.4 Å². The highest BCUT2D eigenvalue weighted by atomic mass is 35.5. The topological polar surface area (TPSA) is 84.1 Å². The highest BCUT2D eigenvalue weighted by Gasteiger charge is 2.33. The van der Waals surface area contributed by atoms with E-state index in [1.54, 1.807) is 18.2 Å². The average Bonchev–Trinajstić information content (AvgIpc) is 2.68. The number of nitrogens with two attached hydrogens (primary N) is 1. The van der Waals surface area contributed by atoms with Gasteiger partial charge in [-0.1, -0.05) is 23.7 Å². The number of carbonyl (C=O) groups is 1. The van der Waals surface area contributed by atoms with Crippen molar-refractivity contribution >= 4 is 34.2 Å². The smallest absolute Gasteiger partial charge is 0.366 e. The molecule has 1 unspecified atom stereocenters. The molecule has 3 aromatic rings. The SMILES string of the molecule is NC(=O)c1cccc2c(NC(CN3CCC3)c3ccc(C(F)(F)F)c(Cl)c3)ncnc12. The molecule has 31 heavy (non-hydrogen) atoms. The molecule has 2 aromatic carbocycles. The van der Waals surface area contributed by atoms with Crippen LogP contribution in [0.1, 0.15) is 33.9 Å². The predicted molar refractivity (Wildman–Crippen MR) is 112 cm³/mol. The first-order valence-corrected chi connectivity index (χ1v) is 10.0. The Morgan fingerprint density at radius 3 is 2.61 bits per heavy atom. The number of carbonyl (C=O) groups excluding carboxylic acids is 1. The third-order valence-corrected chi connectivity index (χ3v) is 5.64. The number of rotatable bonds is 6. The number of anilines is 1. The summed E-state index contributed by atoms with van der Waals surface area (Å²) in [6.07, 6.45) is -2.14. The molecular formula is C21H19ClF3N5O. The number of aromatic nitrogens is 2. The van der Waals surface area contributed by atoms with Crippen molar-refractivity contribution in [2.45, 2.75) is 18.6 Å². The summed E-state index contributed by atoms with van der Waals surface area (Å²) in [6.45, 7) is 2.37. The van der Waals surface area contributed by atoms with Gasteiger partial charge in [-0.25, -0.2) is 9.97 Å². The maximum atomic E-state index is 13.1. The lowest BCUT2D eigenvalue weighted by atomic mass is 10.0. The van der Waals surface area contributed by atoms with Crippen LogP contribution >= 0.6 is 11.6 Å². The second-order valence-corrected chi connectivity index (χ2v) is 7.78. The monoisotopic (exact) mass is 449 g/mol. The van der Waals surface area contributed by atoms with Crippen molar-refractivity contribution in [3.8, 4) is 0 Å². The molecule has 6 nitrogen and oxygen atoms in total. The summed E-state index contributed by atoms with van der Waals surface area (Å²) in [5.41, 5.74) is 5.84. The number of alkyl halides is 3. The summed E-state index contributed by atoms with van der Waals surface area (Å²) < 4.78 is 39.4. The fourth-order valence-electron chi connectivity index (χ4n) is 3.60. The largest absolute Gasteiger partial charge is 0.417 e. The van der Waals surface area contributed by atoms with Crippen molar-refractivity contribution in [2.24, 2.45) is 5.73 Å². The quantitative estimate of drug-likeness (QED) is 0.587. The summed E-state index contributed by atoms with van der Waals surface area (Å²) in [5.74, 6) is -0.156. The normalized spacial score (nSPS) is 15.5. The Morgan fingerprint density at radius 2 is 2.00 bits per heavy atom. The second-order valence-electron chi connectivity index (χ2n) is 7.38. The molecule has 2 heterocycles. The maximum absolute atomic E-state index is 13.1. The molecule has 4 rings (SSSR count). The predicted octanol–water partition coefficient (Wildman–Crippen LogP) is 4.26. The van der Waals surface area contributed by atoms with Gasteiger partial charge < -0.3 is 16.0 Å². The van der Waals surface area contributed by atoms with Crippen LogP contribution < -0.4 is 11.1 Å². The van der Waals surface area contributed by atoms with E-state index in [1.807, 2.05) is 0 Å². The van der Waals surface area contributed by atoms with Crippen molar-refractivity contribution < 1.29 is 18.0 Å². The van der Waals surface area contributed by atoms with Gasteiger partial charge in [0.2, 0.25) is 0 Å². The van der Waals surface area contributed by atoms with Crippen LogP contribution in [0.5, 0.6) is 0 Å². The minimum atomic E-state index is -4.52.